The maximum absolute atomic E-state index is 10.4. The molecule has 0 unspecified atom stereocenters. The van der Waals surface area contributed by atoms with E-state index in [0.29, 0.717) is 18.7 Å². The molecule has 0 radical (unpaired) electrons. The molecule has 0 aromatic heterocycles. The molecular weight excluding hydrogens is 304 g/mol. The predicted molar refractivity (Wildman–Crippen MR) is 74.4 cm³/mol. The van der Waals surface area contributed by atoms with Crippen LogP contribution in [0.3, 0.4) is 0 Å². The summed E-state index contributed by atoms with van der Waals surface area (Å²) in [5.74, 6) is -1.04. The fraction of sp³-hybridized carbons (Fsp3) is 0.222. The van der Waals surface area contributed by atoms with E-state index in [4.69, 9.17) is 16.6 Å². The van der Waals surface area contributed by atoms with E-state index >= 15 is 0 Å². The largest absolute Gasteiger partial charge is 0.497 e. The average Bonchev–Trinajstić information content (AvgIpc) is 2.38. The van der Waals surface area contributed by atoms with Gasteiger partial charge in [0.05, 0.1) is 26.9 Å². The number of hydrogen-bond donors (Lipinski definition) is 3. The molecule has 1 aromatic rings. The lowest BCUT2D eigenvalue weighted by molar-refractivity contribution is -0.404. The zero-order chi connectivity index (χ0) is 17.4. The Morgan fingerprint density at radius 2 is 1.50 bits per heavy atom. The summed E-state index contributed by atoms with van der Waals surface area (Å²) in [7, 11) is 0. The van der Waals surface area contributed by atoms with Crippen molar-refractivity contribution in [2.75, 3.05) is 6.54 Å². The smallest absolute Gasteiger partial charge is 0.324 e. The van der Waals surface area contributed by atoms with E-state index in [2.05, 4.69) is 4.99 Å². The van der Waals surface area contributed by atoms with Gasteiger partial charge >= 0.3 is 11.4 Å². The molecule has 1 aromatic carbocycles. The Hall–Kier alpha value is -3.51. The first-order valence-electron chi connectivity index (χ1n) is 5.47. The first kappa shape index (κ1) is 18.5. The second kappa shape index (κ2) is 7.93. The number of phenols is 1. The number of nitro benzene ring substituents is 3. The van der Waals surface area contributed by atoms with Gasteiger partial charge in [-0.2, -0.15) is 0 Å². The van der Waals surface area contributed by atoms with E-state index in [1.54, 1.807) is 0 Å². The van der Waals surface area contributed by atoms with Gasteiger partial charge in [0.25, 0.3) is 11.4 Å². The van der Waals surface area contributed by atoms with Crippen molar-refractivity contribution in [2.45, 2.75) is 6.92 Å². The first-order chi connectivity index (χ1) is 10.1. The lowest BCUT2D eigenvalue weighted by Gasteiger charge is -1.97. The summed E-state index contributed by atoms with van der Waals surface area (Å²) in [5.41, 5.74) is 6.86. The minimum absolute atomic E-state index is 0.164. The zero-order valence-electron chi connectivity index (χ0n) is 11.2. The summed E-state index contributed by atoms with van der Waals surface area (Å²) in [6, 6.07) is 0.894. The monoisotopic (exact) mass is 316 g/mol. The van der Waals surface area contributed by atoms with E-state index in [9.17, 15) is 30.3 Å². The highest BCUT2D eigenvalue weighted by atomic mass is 16.6. The topological polar surface area (TPSA) is 214 Å². The molecule has 0 aliphatic heterocycles. The SMILES string of the molecule is CCN=C(N)N.O=[N+]([O-])c1cc([N+](=O)[O-])c(O)c([N+](=O)[O-])c1. The molecule has 13 heteroatoms. The number of rotatable bonds is 4. The summed E-state index contributed by atoms with van der Waals surface area (Å²) < 4.78 is 0. The highest BCUT2D eigenvalue weighted by Gasteiger charge is 2.30. The highest BCUT2D eigenvalue weighted by molar-refractivity contribution is 5.75. The van der Waals surface area contributed by atoms with Crippen LogP contribution in [-0.4, -0.2) is 32.4 Å². The summed E-state index contributed by atoms with van der Waals surface area (Å²) in [4.78, 5) is 31.4. The molecule has 120 valence electrons. The molecule has 0 aliphatic carbocycles. The molecule has 0 heterocycles. The lowest BCUT2D eigenvalue weighted by Crippen LogP contribution is -2.22. The van der Waals surface area contributed by atoms with Gasteiger partial charge in [0, 0.05) is 6.54 Å². The van der Waals surface area contributed by atoms with Gasteiger partial charge < -0.3 is 16.6 Å². The van der Waals surface area contributed by atoms with Gasteiger partial charge in [-0.15, -0.1) is 0 Å². The number of nitrogens with zero attached hydrogens (tertiary/aromatic N) is 4. The van der Waals surface area contributed by atoms with Crippen LogP contribution in [0, 0.1) is 30.3 Å². The van der Waals surface area contributed by atoms with Gasteiger partial charge in [0.2, 0.25) is 0 Å². The minimum atomic E-state index is -1.21. The summed E-state index contributed by atoms with van der Waals surface area (Å²) in [6.45, 7) is 2.54. The average molecular weight is 316 g/mol. The second-order valence-electron chi connectivity index (χ2n) is 3.50. The molecule has 0 atom stereocenters. The number of benzene rings is 1. The van der Waals surface area contributed by atoms with Crippen molar-refractivity contribution in [3.8, 4) is 5.75 Å². The van der Waals surface area contributed by atoms with Crippen LogP contribution >= 0.6 is 0 Å². The molecule has 0 saturated carbocycles. The number of aromatic hydroxyl groups is 1. The van der Waals surface area contributed by atoms with Crippen LogP contribution in [-0.2, 0) is 0 Å². The number of nitro groups is 3. The normalized spacial score (nSPS) is 9.14. The molecule has 22 heavy (non-hydrogen) atoms. The molecule has 0 amide bonds. The summed E-state index contributed by atoms with van der Waals surface area (Å²) in [6.07, 6.45) is 0. The van der Waals surface area contributed by atoms with Crippen LogP contribution in [0.4, 0.5) is 17.1 Å². The van der Waals surface area contributed by atoms with Crippen molar-refractivity contribution in [3.63, 3.8) is 0 Å². The molecular formula is C9H12N6O7. The van der Waals surface area contributed by atoms with Crippen LogP contribution in [0.15, 0.2) is 17.1 Å². The van der Waals surface area contributed by atoms with Gasteiger partial charge in [0.15, 0.2) is 5.96 Å². The number of guanidine groups is 1. The predicted octanol–water partition coefficient (Wildman–Crippen LogP) is 0.397. The standard InChI is InChI=1S/C6H3N3O7.C3H9N3/c10-6-4(8(13)14)1-3(7(11)12)2-5(6)9(15)16;1-2-6-3(4)5/h1-2,10H;2H2,1H3,(H4,4,5,6). The van der Waals surface area contributed by atoms with Gasteiger partial charge in [0.1, 0.15) is 0 Å². The van der Waals surface area contributed by atoms with E-state index < -0.39 is 37.6 Å². The maximum Gasteiger partial charge on any atom is 0.324 e. The fourth-order valence-corrected chi connectivity index (χ4v) is 1.16. The Balaban J connectivity index is 0.000000626. The molecule has 0 fully saturated rings. The van der Waals surface area contributed by atoms with Gasteiger partial charge in [-0.1, -0.05) is 0 Å². The molecule has 1 rings (SSSR count). The van der Waals surface area contributed by atoms with Crippen LogP contribution in [0.5, 0.6) is 5.75 Å². The quantitative estimate of drug-likeness (QED) is 0.302. The molecule has 0 aliphatic rings. The van der Waals surface area contributed by atoms with Crippen molar-refractivity contribution in [1.82, 2.24) is 0 Å². The highest BCUT2D eigenvalue weighted by Crippen LogP contribution is 2.38. The number of hydrogen-bond acceptors (Lipinski definition) is 8. The maximum atomic E-state index is 10.4. The van der Waals surface area contributed by atoms with E-state index in [1.807, 2.05) is 6.92 Å². The zero-order valence-corrected chi connectivity index (χ0v) is 11.2. The van der Waals surface area contributed by atoms with Crippen LogP contribution in [0.1, 0.15) is 6.92 Å². The number of aliphatic imine (C=N–C) groups is 1. The minimum Gasteiger partial charge on any atom is -0.497 e. The van der Waals surface area contributed by atoms with Crippen molar-refractivity contribution in [2.24, 2.45) is 16.5 Å². The lowest BCUT2D eigenvalue weighted by atomic mass is 10.2. The molecule has 0 bridgehead atoms. The van der Waals surface area contributed by atoms with Gasteiger partial charge in [-0.3, -0.25) is 35.3 Å². The van der Waals surface area contributed by atoms with Gasteiger partial charge in [-0.05, 0) is 6.92 Å². The van der Waals surface area contributed by atoms with Crippen molar-refractivity contribution in [1.29, 1.82) is 0 Å². The number of non-ortho nitro benzene ring substituents is 1. The third-order valence-electron chi connectivity index (χ3n) is 2.00. The van der Waals surface area contributed by atoms with Crippen molar-refractivity contribution < 1.29 is 19.9 Å². The molecule has 0 spiro atoms. The number of phenolic OH excluding ortho intramolecular Hbond substituents is 1. The summed E-state index contributed by atoms with van der Waals surface area (Å²) >= 11 is 0. The molecule has 0 saturated heterocycles. The Bertz CT molecular complexity index is 590. The number of nitrogens with two attached hydrogens (primary N) is 2. The van der Waals surface area contributed by atoms with E-state index in [-0.39, 0.29) is 5.96 Å². The Morgan fingerprint density at radius 1 is 1.09 bits per heavy atom. The second-order valence-corrected chi connectivity index (χ2v) is 3.50. The Labute approximate surface area is 122 Å². The first-order valence-corrected chi connectivity index (χ1v) is 5.47. The van der Waals surface area contributed by atoms with Crippen LogP contribution < -0.4 is 11.5 Å². The third-order valence-corrected chi connectivity index (χ3v) is 2.00. The molecule has 13 nitrogen and oxygen atoms in total. The third kappa shape index (κ3) is 5.24. The van der Waals surface area contributed by atoms with E-state index in [0.717, 1.165) is 0 Å². The Kier molecular flexibility index (Phi) is 6.66. The van der Waals surface area contributed by atoms with Gasteiger partial charge in [-0.25, -0.2) is 0 Å². The van der Waals surface area contributed by atoms with Crippen LogP contribution in [0.2, 0.25) is 0 Å². The molecule has 5 N–H and O–H groups in total. The summed E-state index contributed by atoms with van der Waals surface area (Å²) in [5, 5.41) is 40.2. The van der Waals surface area contributed by atoms with Crippen molar-refractivity contribution in [3.05, 3.63) is 42.5 Å². The Morgan fingerprint density at radius 3 is 1.68 bits per heavy atom. The van der Waals surface area contributed by atoms with E-state index in [1.165, 1.54) is 0 Å². The van der Waals surface area contributed by atoms with Crippen LogP contribution in [0.25, 0.3) is 0 Å². The fourth-order valence-electron chi connectivity index (χ4n) is 1.16. The van der Waals surface area contributed by atoms with Crippen molar-refractivity contribution >= 4 is 23.0 Å².